The largest absolute Gasteiger partial charge is 0.112 e. The summed E-state index contributed by atoms with van der Waals surface area (Å²) in [7, 11) is 0. The Balaban J connectivity index is 2.51. The SMILES string of the molecule is Cc1cccc(C(Cl)c2cc(Cl)ccc2Cl)c1I. The van der Waals surface area contributed by atoms with E-state index < -0.39 is 0 Å². The summed E-state index contributed by atoms with van der Waals surface area (Å²) >= 11 is 21.0. The van der Waals surface area contributed by atoms with Crippen LogP contribution in [0.2, 0.25) is 10.0 Å². The highest BCUT2D eigenvalue weighted by molar-refractivity contribution is 14.1. The van der Waals surface area contributed by atoms with Gasteiger partial charge in [-0.3, -0.25) is 0 Å². The third kappa shape index (κ3) is 2.96. The molecule has 94 valence electrons. The Bertz CT molecular complexity index is 579. The average molecular weight is 411 g/mol. The summed E-state index contributed by atoms with van der Waals surface area (Å²) in [5.41, 5.74) is 3.10. The van der Waals surface area contributed by atoms with Gasteiger partial charge in [0.05, 0.1) is 5.38 Å². The smallest absolute Gasteiger partial charge is 0.0860 e. The summed E-state index contributed by atoms with van der Waals surface area (Å²) in [4.78, 5) is 0. The molecule has 0 spiro atoms. The second kappa shape index (κ2) is 6.00. The molecule has 1 atom stereocenters. The third-order valence-corrected chi connectivity index (χ3v) is 5.25. The van der Waals surface area contributed by atoms with Gasteiger partial charge >= 0.3 is 0 Å². The van der Waals surface area contributed by atoms with Crippen LogP contribution in [0, 0.1) is 10.5 Å². The lowest BCUT2D eigenvalue weighted by Crippen LogP contribution is -1.98. The van der Waals surface area contributed by atoms with E-state index in [4.69, 9.17) is 34.8 Å². The summed E-state index contributed by atoms with van der Waals surface area (Å²) < 4.78 is 1.16. The summed E-state index contributed by atoms with van der Waals surface area (Å²) in [5.74, 6) is 0. The Labute approximate surface area is 135 Å². The predicted octanol–water partition coefficient (Wildman–Crippen LogP) is 6.23. The molecule has 0 N–H and O–H groups in total. The predicted molar refractivity (Wildman–Crippen MR) is 88.1 cm³/mol. The molecular formula is C14H10Cl3I. The van der Waals surface area contributed by atoms with Crippen LogP contribution < -0.4 is 0 Å². The molecule has 0 amide bonds. The number of hydrogen-bond donors (Lipinski definition) is 0. The van der Waals surface area contributed by atoms with Gasteiger partial charge in [-0.25, -0.2) is 0 Å². The second-order valence-electron chi connectivity index (χ2n) is 4.01. The van der Waals surface area contributed by atoms with Crippen LogP contribution in [0.1, 0.15) is 22.1 Å². The molecule has 2 rings (SSSR count). The zero-order chi connectivity index (χ0) is 13.3. The van der Waals surface area contributed by atoms with Crippen molar-refractivity contribution in [3.63, 3.8) is 0 Å². The van der Waals surface area contributed by atoms with Crippen molar-refractivity contribution in [1.82, 2.24) is 0 Å². The Morgan fingerprint density at radius 1 is 1.06 bits per heavy atom. The van der Waals surface area contributed by atoms with Crippen LogP contribution in [-0.4, -0.2) is 0 Å². The molecule has 2 aromatic carbocycles. The Hall–Kier alpha value is 0.0400. The van der Waals surface area contributed by atoms with E-state index in [0.29, 0.717) is 10.0 Å². The highest BCUT2D eigenvalue weighted by atomic mass is 127. The van der Waals surface area contributed by atoms with Crippen LogP contribution in [0.5, 0.6) is 0 Å². The Morgan fingerprint density at radius 3 is 2.50 bits per heavy atom. The molecule has 0 bridgehead atoms. The lowest BCUT2D eigenvalue weighted by atomic mass is 10.0. The van der Waals surface area contributed by atoms with Gasteiger partial charge in [0.2, 0.25) is 0 Å². The van der Waals surface area contributed by atoms with E-state index in [1.807, 2.05) is 18.2 Å². The molecule has 0 saturated carbocycles. The quantitative estimate of drug-likeness (QED) is 0.406. The lowest BCUT2D eigenvalue weighted by molar-refractivity contribution is 1.12. The fourth-order valence-electron chi connectivity index (χ4n) is 1.74. The van der Waals surface area contributed by atoms with E-state index in [-0.39, 0.29) is 5.38 Å². The van der Waals surface area contributed by atoms with Gasteiger partial charge in [-0.15, -0.1) is 11.6 Å². The van der Waals surface area contributed by atoms with E-state index in [1.54, 1.807) is 12.1 Å². The van der Waals surface area contributed by atoms with Gasteiger partial charge in [0.15, 0.2) is 0 Å². The molecule has 0 fully saturated rings. The second-order valence-corrected chi connectivity index (χ2v) is 6.37. The van der Waals surface area contributed by atoms with Crippen molar-refractivity contribution in [3.05, 3.63) is 66.7 Å². The fourth-order valence-corrected chi connectivity index (χ4v) is 3.42. The van der Waals surface area contributed by atoms with Crippen molar-refractivity contribution in [2.45, 2.75) is 12.3 Å². The first-order valence-corrected chi connectivity index (χ1v) is 7.62. The lowest BCUT2D eigenvalue weighted by Gasteiger charge is -2.15. The number of benzene rings is 2. The van der Waals surface area contributed by atoms with E-state index >= 15 is 0 Å². The first kappa shape index (κ1) is 14.4. The minimum absolute atomic E-state index is 0.289. The van der Waals surface area contributed by atoms with Gasteiger partial charge in [0.1, 0.15) is 0 Å². The maximum atomic E-state index is 6.54. The molecule has 0 aliphatic carbocycles. The molecule has 2 aromatic rings. The van der Waals surface area contributed by atoms with Crippen LogP contribution in [0.15, 0.2) is 36.4 Å². The average Bonchev–Trinajstić information content (AvgIpc) is 2.35. The van der Waals surface area contributed by atoms with Crippen LogP contribution >= 0.6 is 57.4 Å². The summed E-state index contributed by atoms with van der Waals surface area (Å²) in [6.45, 7) is 2.06. The van der Waals surface area contributed by atoms with Gasteiger partial charge in [0.25, 0.3) is 0 Å². The minimum atomic E-state index is -0.289. The molecule has 0 saturated heterocycles. The molecule has 4 heteroatoms. The molecule has 0 heterocycles. The first-order valence-electron chi connectivity index (χ1n) is 5.34. The zero-order valence-electron chi connectivity index (χ0n) is 9.55. The highest BCUT2D eigenvalue weighted by Gasteiger charge is 2.17. The van der Waals surface area contributed by atoms with Crippen LogP contribution in [0.3, 0.4) is 0 Å². The van der Waals surface area contributed by atoms with Crippen molar-refractivity contribution in [3.8, 4) is 0 Å². The standard InChI is InChI=1S/C14H10Cl3I/c1-8-3-2-4-10(14(8)18)13(17)11-7-9(15)5-6-12(11)16/h2-7,13H,1H3. The molecule has 0 radical (unpaired) electrons. The number of hydrogen-bond acceptors (Lipinski definition) is 0. The van der Waals surface area contributed by atoms with E-state index in [9.17, 15) is 0 Å². The number of alkyl halides is 1. The number of aryl methyl sites for hydroxylation is 1. The summed E-state index contributed by atoms with van der Waals surface area (Å²) in [6.07, 6.45) is 0. The fraction of sp³-hybridized carbons (Fsp3) is 0.143. The monoisotopic (exact) mass is 410 g/mol. The van der Waals surface area contributed by atoms with Crippen molar-refractivity contribution >= 4 is 57.4 Å². The van der Waals surface area contributed by atoms with Crippen molar-refractivity contribution in [2.24, 2.45) is 0 Å². The van der Waals surface area contributed by atoms with Crippen LogP contribution in [0.25, 0.3) is 0 Å². The number of halogens is 4. The third-order valence-electron chi connectivity index (χ3n) is 2.73. The topological polar surface area (TPSA) is 0 Å². The molecule has 1 unspecified atom stereocenters. The summed E-state index contributed by atoms with van der Waals surface area (Å²) in [5, 5.41) is 0.988. The Kier molecular flexibility index (Phi) is 4.81. The molecule has 0 aliphatic rings. The van der Waals surface area contributed by atoms with E-state index in [2.05, 4.69) is 35.6 Å². The van der Waals surface area contributed by atoms with Gasteiger partial charge in [-0.2, -0.15) is 0 Å². The number of rotatable bonds is 2. The van der Waals surface area contributed by atoms with Crippen molar-refractivity contribution in [1.29, 1.82) is 0 Å². The van der Waals surface area contributed by atoms with Crippen LogP contribution in [-0.2, 0) is 0 Å². The normalized spacial score (nSPS) is 12.5. The van der Waals surface area contributed by atoms with Crippen LogP contribution in [0.4, 0.5) is 0 Å². The molecule has 0 nitrogen and oxygen atoms in total. The molecule has 0 aromatic heterocycles. The van der Waals surface area contributed by atoms with Gasteiger partial charge in [0, 0.05) is 13.6 Å². The van der Waals surface area contributed by atoms with Gasteiger partial charge in [-0.05, 0) is 64.4 Å². The molecule has 0 aliphatic heterocycles. The van der Waals surface area contributed by atoms with Crippen molar-refractivity contribution in [2.75, 3.05) is 0 Å². The van der Waals surface area contributed by atoms with E-state index in [0.717, 1.165) is 14.7 Å². The molecule has 18 heavy (non-hydrogen) atoms. The highest BCUT2D eigenvalue weighted by Crippen LogP contribution is 2.37. The van der Waals surface area contributed by atoms with Gasteiger partial charge in [-0.1, -0.05) is 41.4 Å². The minimum Gasteiger partial charge on any atom is -0.112 e. The zero-order valence-corrected chi connectivity index (χ0v) is 14.0. The van der Waals surface area contributed by atoms with E-state index in [1.165, 1.54) is 5.56 Å². The van der Waals surface area contributed by atoms with Crippen molar-refractivity contribution < 1.29 is 0 Å². The first-order chi connectivity index (χ1) is 8.50. The maximum Gasteiger partial charge on any atom is 0.0860 e. The maximum absolute atomic E-state index is 6.54. The Morgan fingerprint density at radius 2 is 1.78 bits per heavy atom. The summed E-state index contributed by atoms with van der Waals surface area (Å²) in [6, 6.07) is 11.4. The molecular weight excluding hydrogens is 401 g/mol. The van der Waals surface area contributed by atoms with Gasteiger partial charge < -0.3 is 0 Å².